The largest absolute Gasteiger partial charge is 0.378 e. The average Bonchev–Trinajstić information content (AvgIpc) is 3.05. The van der Waals surface area contributed by atoms with E-state index < -0.39 is 0 Å². The lowest BCUT2D eigenvalue weighted by molar-refractivity contribution is -0.0133. The normalized spacial score (nSPS) is 24.6. The van der Waals surface area contributed by atoms with Gasteiger partial charge in [-0.2, -0.15) is 4.98 Å². The van der Waals surface area contributed by atoms with Crippen molar-refractivity contribution in [2.45, 2.75) is 64.1 Å². The SMILES string of the molecule is CCCCOC1CC(N2c3nc(Cl)ncc3-n3cnnc3[C@H]2CC)C1. The molecule has 1 aliphatic carbocycles. The predicted molar refractivity (Wildman–Crippen MR) is 95.1 cm³/mol. The van der Waals surface area contributed by atoms with Crippen LogP contribution in [0.2, 0.25) is 5.28 Å². The molecule has 1 atom stereocenters. The third-order valence-corrected chi connectivity index (χ3v) is 5.32. The van der Waals surface area contributed by atoms with Crippen molar-refractivity contribution in [3.63, 3.8) is 0 Å². The highest BCUT2D eigenvalue weighted by molar-refractivity contribution is 6.28. The van der Waals surface area contributed by atoms with Gasteiger partial charge in [0.25, 0.3) is 0 Å². The maximum Gasteiger partial charge on any atom is 0.224 e. The number of ether oxygens (including phenoxy) is 1. The number of unbranched alkanes of at least 4 members (excludes halogenated alkanes) is 1. The number of anilines is 1. The van der Waals surface area contributed by atoms with Gasteiger partial charge in [-0.15, -0.1) is 10.2 Å². The molecule has 0 spiro atoms. The number of hydrogen-bond acceptors (Lipinski definition) is 6. The molecule has 4 rings (SSSR count). The van der Waals surface area contributed by atoms with E-state index in [4.69, 9.17) is 16.3 Å². The molecule has 3 heterocycles. The first-order chi connectivity index (χ1) is 12.2. The van der Waals surface area contributed by atoms with Gasteiger partial charge in [0.2, 0.25) is 5.28 Å². The van der Waals surface area contributed by atoms with E-state index in [0.717, 1.165) is 49.6 Å². The Labute approximate surface area is 152 Å². The molecule has 0 N–H and O–H groups in total. The van der Waals surface area contributed by atoms with Crippen LogP contribution in [-0.4, -0.2) is 43.5 Å². The maximum atomic E-state index is 6.10. The van der Waals surface area contributed by atoms with E-state index in [0.29, 0.717) is 12.1 Å². The summed E-state index contributed by atoms with van der Waals surface area (Å²) in [6.07, 6.45) is 9.06. The Morgan fingerprint density at radius 2 is 2.16 bits per heavy atom. The number of fused-ring (bicyclic) bond motifs is 3. The van der Waals surface area contributed by atoms with Crippen molar-refractivity contribution in [3.05, 3.63) is 23.6 Å². The van der Waals surface area contributed by atoms with Crippen LogP contribution < -0.4 is 4.90 Å². The molecule has 1 saturated carbocycles. The molecule has 8 heteroatoms. The number of halogens is 1. The van der Waals surface area contributed by atoms with E-state index >= 15 is 0 Å². The smallest absolute Gasteiger partial charge is 0.224 e. The monoisotopic (exact) mass is 362 g/mol. The molecule has 2 aromatic rings. The lowest BCUT2D eigenvalue weighted by Gasteiger charge is -2.48. The van der Waals surface area contributed by atoms with Gasteiger partial charge in [-0.1, -0.05) is 20.3 Å². The molecule has 25 heavy (non-hydrogen) atoms. The quantitative estimate of drug-likeness (QED) is 0.580. The lowest BCUT2D eigenvalue weighted by atomic mass is 9.85. The van der Waals surface area contributed by atoms with Crippen LogP contribution in [0.4, 0.5) is 5.82 Å². The van der Waals surface area contributed by atoms with Gasteiger partial charge in [-0.25, -0.2) is 4.98 Å². The third kappa shape index (κ3) is 2.89. The standard InChI is InChI=1S/C17H23ClN6O/c1-3-5-6-25-12-7-11(8-12)24-13(4-2)16-22-20-10-23(16)14-9-19-17(18)21-15(14)24/h9-13H,3-8H2,1-2H3/t11?,12?,13-/m1/s1. The van der Waals surface area contributed by atoms with E-state index in [1.165, 1.54) is 6.42 Å². The minimum atomic E-state index is 0.141. The molecule has 0 amide bonds. The van der Waals surface area contributed by atoms with E-state index in [2.05, 4.69) is 38.9 Å². The predicted octanol–water partition coefficient (Wildman–Crippen LogP) is 3.33. The molecular formula is C17H23ClN6O. The van der Waals surface area contributed by atoms with Gasteiger partial charge >= 0.3 is 0 Å². The highest BCUT2D eigenvalue weighted by Crippen LogP contribution is 2.44. The molecular weight excluding hydrogens is 340 g/mol. The minimum absolute atomic E-state index is 0.141. The topological polar surface area (TPSA) is 69.0 Å². The summed E-state index contributed by atoms with van der Waals surface area (Å²) in [7, 11) is 0. The Kier molecular flexibility index (Phi) is 4.60. The molecule has 1 aliphatic heterocycles. The molecule has 134 valence electrons. The fraction of sp³-hybridized carbons (Fsp3) is 0.647. The fourth-order valence-corrected chi connectivity index (χ4v) is 3.87. The molecule has 0 bridgehead atoms. The van der Waals surface area contributed by atoms with E-state index in [9.17, 15) is 0 Å². The molecule has 0 saturated heterocycles. The number of nitrogens with zero attached hydrogens (tertiary/aromatic N) is 6. The van der Waals surface area contributed by atoms with Crippen molar-refractivity contribution < 1.29 is 4.74 Å². The Balaban J connectivity index is 1.60. The van der Waals surface area contributed by atoms with Crippen LogP contribution in [0.3, 0.4) is 0 Å². The van der Waals surface area contributed by atoms with Gasteiger partial charge in [-0.05, 0) is 37.3 Å². The van der Waals surface area contributed by atoms with E-state index in [1.54, 1.807) is 12.5 Å². The summed E-state index contributed by atoms with van der Waals surface area (Å²) in [5.41, 5.74) is 0.893. The number of hydrogen-bond donors (Lipinski definition) is 0. The van der Waals surface area contributed by atoms with Gasteiger partial charge in [0.15, 0.2) is 11.6 Å². The molecule has 2 aliphatic rings. The highest BCUT2D eigenvalue weighted by atomic mass is 35.5. The summed E-state index contributed by atoms with van der Waals surface area (Å²) in [6.45, 7) is 5.20. The van der Waals surface area contributed by atoms with Crippen molar-refractivity contribution in [2.24, 2.45) is 0 Å². The zero-order valence-electron chi connectivity index (χ0n) is 14.6. The van der Waals surface area contributed by atoms with Gasteiger partial charge in [0.1, 0.15) is 12.0 Å². The Morgan fingerprint density at radius 3 is 2.92 bits per heavy atom. The van der Waals surface area contributed by atoms with Crippen LogP contribution in [0.25, 0.3) is 5.69 Å². The summed E-state index contributed by atoms with van der Waals surface area (Å²) in [5, 5.41) is 8.72. The summed E-state index contributed by atoms with van der Waals surface area (Å²) >= 11 is 6.10. The van der Waals surface area contributed by atoms with Crippen LogP contribution in [0.5, 0.6) is 0 Å². The van der Waals surface area contributed by atoms with Crippen LogP contribution in [-0.2, 0) is 4.74 Å². The van der Waals surface area contributed by atoms with Crippen molar-refractivity contribution >= 4 is 17.4 Å². The van der Waals surface area contributed by atoms with Crippen molar-refractivity contribution in [1.29, 1.82) is 0 Å². The zero-order chi connectivity index (χ0) is 17.4. The van der Waals surface area contributed by atoms with Gasteiger partial charge in [-0.3, -0.25) is 4.57 Å². The fourth-order valence-electron chi connectivity index (χ4n) is 3.74. The van der Waals surface area contributed by atoms with Gasteiger partial charge < -0.3 is 9.64 Å². The van der Waals surface area contributed by atoms with Crippen molar-refractivity contribution in [1.82, 2.24) is 24.7 Å². The van der Waals surface area contributed by atoms with Crippen LogP contribution in [0, 0.1) is 0 Å². The first-order valence-corrected chi connectivity index (χ1v) is 9.43. The summed E-state index contributed by atoms with van der Waals surface area (Å²) < 4.78 is 7.93. The molecule has 0 unspecified atom stereocenters. The Morgan fingerprint density at radius 1 is 1.32 bits per heavy atom. The minimum Gasteiger partial charge on any atom is -0.378 e. The first kappa shape index (κ1) is 16.7. The summed E-state index contributed by atoms with van der Waals surface area (Å²) in [4.78, 5) is 11.0. The van der Waals surface area contributed by atoms with Crippen LogP contribution in [0.1, 0.15) is 57.8 Å². The van der Waals surface area contributed by atoms with Crippen LogP contribution in [0.15, 0.2) is 12.5 Å². The highest BCUT2D eigenvalue weighted by Gasteiger charge is 2.43. The van der Waals surface area contributed by atoms with Crippen LogP contribution >= 0.6 is 11.6 Å². The zero-order valence-corrected chi connectivity index (χ0v) is 15.4. The molecule has 0 radical (unpaired) electrons. The second-order valence-electron chi connectivity index (χ2n) is 6.71. The van der Waals surface area contributed by atoms with Gasteiger partial charge in [0, 0.05) is 12.6 Å². The first-order valence-electron chi connectivity index (χ1n) is 9.05. The summed E-state index contributed by atoms with van der Waals surface area (Å²) in [6, 6.07) is 0.523. The maximum absolute atomic E-state index is 6.10. The molecule has 0 aromatic carbocycles. The van der Waals surface area contributed by atoms with E-state index in [1.807, 2.05) is 4.57 Å². The average molecular weight is 363 g/mol. The van der Waals surface area contributed by atoms with Gasteiger partial charge in [0.05, 0.1) is 18.3 Å². The van der Waals surface area contributed by atoms with Crippen molar-refractivity contribution in [2.75, 3.05) is 11.5 Å². The molecule has 1 fully saturated rings. The second kappa shape index (κ2) is 6.88. The summed E-state index contributed by atoms with van der Waals surface area (Å²) in [5.74, 6) is 1.81. The Hall–Kier alpha value is -1.73. The third-order valence-electron chi connectivity index (χ3n) is 5.13. The number of rotatable bonds is 6. The Bertz CT molecular complexity index is 744. The molecule has 2 aromatic heterocycles. The lowest BCUT2D eigenvalue weighted by Crippen LogP contribution is -2.52. The van der Waals surface area contributed by atoms with Crippen molar-refractivity contribution in [3.8, 4) is 5.69 Å². The molecule has 7 nitrogen and oxygen atoms in total. The van der Waals surface area contributed by atoms with E-state index in [-0.39, 0.29) is 11.3 Å². The number of aromatic nitrogens is 5. The second-order valence-corrected chi connectivity index (χ2v) is 7.05.